The third-order valence-electron chi connectivity index (χ3n) is 7.50. The molecule has 1 aliphatic heterocycles. The van der Waals surface area contributed by atoms with Crippen molar-refractivity contribution in [1.82, 2.24) is 4.57 Å². The van der Waals surface area contributed by atoms with Crippen LogP contribution in [0.4, 0.5) is 0 Å². The Morgan fingerprint density at radius 1 is 0.978 bits per heavy atom. The Balaban J connectivity index is 1.45. The van der Waals surface area contributed by atoms with Crippen LogP contribution >= 0.6 is 11.3 Å². The minimum absolute atomic E-state index is 0.183. The molecular weight excluding hydrogens is 598 g/mol. The average molecular weight is 628 g/mol. The largest absolute Gasteiger partial charge is 0.493 e. The van der Waals surface area contributed by atoms with Crippen LogP contribution in [0.2, 0.25) is 0 Å². The lowest BCUT2D eigenvalue weighted by molar-refractivity contribution is -0.138. The molecule has 6 rings (SSSR count). The van der Waals surface area contributed by atoms with Crippen molar-refractivity contribution in [1.29, 1.82) is 5.26 Å². The maximum absolute atomic E-state index is 14.1. The Morgan fingerprint density at radius 3 is 2.41 bits per heavy atom. The van der Waals surface area contributed by atoms with Gasteiger partial charge in [0.15, 0.2) is 16.3 Å². The third kappa shape index (κ3) is 5.99. The highest BCUT2D eigenvalue weighted by Gasteiger charge is 2.35. The van der Waals surface area contributed by atoms with Gasteiger partial charge in [-0.2, -0.15) is 5.26 Å². The number of esters is 1. The summed E-state index contributed by atoms with van der Waals surface area (Å²) in [7, 11) is 1.55. The van der Waals surface area contributed by atoms with Crippen molar-refractivity contribution in [2.75, 3.05) is 13.7 Å². The Bertz CT molecular complexity index is 2160. The first kappa shape index (κ1) is 30.3. The molecule has 0 aliphatic carbocycles. The second-order valence-electron chi connectivity index (χ2n) is 10.3. The number of nitriles is 1. The topological polar surface area (TPSA) is 103 Å². The maximum atomic E-state index is 14.1. The van der Waals surface area contributed by atoms with Gasteiger partial charge in [0.05, 0.1) is 47.2 Å². The molecule has 1 atom stereocenters. The molecule has 8 nitrogen and oxygen atoms in total. The summed E-state index contributed by atoms with van der Waals surface area (Å²) >= 11 is 1.25. The first-order valence-corrected chi connectivity index (χ1v) is 15.5. The van der Waals surface area contributed by atoms with E-state index in [9.17, 15) is 14.9 Å². The first-order chi connectivity index (χ1) is 22.5. The number of thiazole rings is 1. The highest BCUT2D eigenvalue weighted by molar-refractivity contribution is 7.07. The number of aromatic nitrogens is 1. The second kappa shape index (κ2) is 13.5. The van der Waals surface area contributed by atoms with Gasteiger partial charge in [-0.3, -0.25) is 9.36 Å². The summed E-state index contributed by atoms with van der Waals surface area (Å²) in [6, 6.07) is 33.0. The number of methoxy groups -OCH3 is 1. The lowest BCUT2D eigenvalue weighted by Gasteiger charge is -2.25. The smallest absolute Gasteiger partial charge is 0.338 e. The van der Waals surface area contributed by atoms with Gasteiger partial charge in [-0.05, 0) is 42.3 Å². The van der Waals surface area contributed by atoms with E-state index < -0.39 is 12.0 Å². The molecular formula is C37H29N3O5S. The highest BCUT2D eigenvalue weighted by Crippen LogP contribution is 2.35. The van der Waals surface area contributed by atoms with Crippen LogP contribution in [0.1, 0.15) is 40.8 Å². The van der Waals surface area contributed by atoms with Crippen LogP contribution in [-0.4, -0.2) is 24.3 Å². The zero-order chi connectivity index (χ0) is 32.0. The number of carbonyl (C=O) groups is 1. The fourth-order valence-corrected chi connectivity index (χ4v) is 6.35. The average Bonchev–Trinajstić information content (AvgIpc) is 3.41. The summed E-state index contributed by atoms with van der Waals surface area (Å²) in [6.45, 7) is 2.13. The fourth-order valence-electron chi connectivity index (χ4n) is 5.35. The second-order valence-corrected chi connectivity index (χ2v) is 11.3. The van der Waals surface area contributed by atoms with Crippen molar-refractivity contribution in [3.05, 3.63) is 156 Å². The molecule has 0 saturated heterocycles. The lowest BCUT2D eigenvalue weighted by Crippen LogP contribution is -2.39. The summed E-state index contributed by atoms with van der Waals surface area (Å²) < 4.78 is 19.2. The van der Waals surface area contributed by atoms with Crippen LogP contribution in [-0.2, 0) is 16.1 Å². The molecule has 2 heterocycles. The molecule has 0 N–H and O–H groups in total. The predicted octanol–water partition coefficient (Wildman–Crippen LogP) is 5.39. The first-order valence-electron chi connectivity index (χ1n) is 14.6. The fraction of sp³-hybridized carbons (Fsp3) is 0.135. The zero-order valence-electron chi connectivity index (χ0n) is 25.2. The highest BCUT2D eigenvalue weighted by atomic mass is 32.1. The van der Waals surface area contributed by atoms with Crippen LogP contribution in [0.15, 0.2) is 118 Å². The number of benzene rings is 4. The molecule has 0 fully saturated rings. The number of nitrogens with zero attached hydrogens (tertiary/aromatic N) is 3. The molecule has 46 heavy (non-hydrogen) atoms. The molecule has 0 radical (unpaired) electrons. The molecule has 0 unspecified atom stereocenters. The summed E-state index contributed by atoms with van der Waals surface area (Å²) in [5, 5.41) is 9.40. The van der Waals surface area contributed by atoms with Crippen molar-refractivity contribution in [2.45, 2.75) is 19.6 Å². The standard InChI is InChI=1S/C37H29N3O5S/c1-3-44-36(42)32-33(25-12-6-4-7-13-25)39-37-40(34(32)26-14-8-5-9-15-26)35(41)31(46-37)21-24-18-19-29(30(20-24)43-2)45-23-28-17-11-10-16-27(28)22-38/h4-21,34H,3,23H2,1-2H3/b31-21-/t34-/m1/s1. The monoisotopic (exact) mass is 627 g/mol. The van der Waals surface area contributed by atoms with Crippen LogP contribution in [0.25, 0.3) is 11.8 Å². The van der Waals surface area contributed by atoms with Crippen molar-refractivity contribution >= 4 is 29.1 Å². The van der Waals surface area contributed by atoms with E-state index in [1.165, 1.54) is 11.3 Å². The number of hydrogen-bond acceptors (Lipinski definition) is 8. The van der Waals surface area contributed by atoms with Crippen LogP contribution in [0.5, 0.6) is 11.5 Å². The van der Waals surface area contributed by atoms with Crippen molar-refractivity contribution in [3.8, 4) is 17.6 Å². The number of ether oxygens (including phenoxy) is 3. The predicted molar refractivity (Wildman–Crippen MR) is 176 cm³/mol. The zero-order valence-corrected chi connectivity index (χ0v) is 26.0. The van der Waals surface area contributed by atoms with Gasteiger partial charge in [-0.25, -0.2) is 9.79 Å². The summed E-state index contributed by atoms with van der Waals surface area (Å²) in [5.41, 5.74) is 4.05. The number of fused-ring (bicyclic) bond motifs is 1. The molecule has 228 valence electrons. The lowest BCUT2D eigenvalue weighted by atomic mass is 9.93. The quantitative estimate of drug-likeness (QED) is 0.203. The Morgan fingerprint density at radius 2 is 1.70 bits per heavy atom. The Hall–Kier alpha value is -5.72. The van der Waals surface area contributed by atoms with Crippen molar-refractivity contribution in [3.63, 3.8) is 0 Å². The van der Waals surface area contributed by atoms with Gasteiger partial charge < -0.3 is 14.2 Å². The molecule has 1 aliphatic rings. The Labute approximate surface area is 269 Å². The number of carbonyl (C=O) groups excluding carboxylic acids is 1. The molecule has 1 aromatic heterocycles. The van der Waals surface area contributed by atoms with Gasteiger partial charge in [-0.1, -0.05) is 96.3 Å². The maximum Gasteiger partial charge on any atom is 0.338 e. The van der Waals surface area contributed by atoms with E-state index in [1.807, 2.05) is 84.9 Å². The van der Waals surface area contributed by atoms with Crippen LogP contribution < -0.4 is 24.4 Å². The SMILES string of the molecule is CCOC(=O)C1=C(c2ccccc2)N=c2s/c(=C\c3ccc(OCc4ccccc4C#N)c(OC)c3)c(=O)n2[C@@H]1c1ccccc1. The van der Waals surface area contributed by atoms with E-state index in [2.05, 4.69) is 6.07 Å². The minimum Gasteiger partial charge on any atom is -0.493 e. The molecule has 0 saturated carbocycles. The van der Waals surface area contributed by atoms with Gasteiger partial charge in [0.1, 0.15) is 6.61 Å². The normalized spacial score (nSPS) is 14.2. The molecule has 4 aromatic carbocycles. The van der Waals surface area contributed by atoms with Crippen LogP contribution in [0, 0.1) is 11.3 Å². The van der Waals surface area contributed by atoms with Gasteiger partial charge in [0.25, 0.3) is 5.56 Å². The Kier molecular flexibility index (Phi) is 8.90. The van der Waals surface area contributed by atoms with Crippen molar-refractivity contribution in [2.24, 2.45) is 4.99 Å². The van der Waals surface area contributed by atoms with E-state index in [0.717, 1.165) is 22.3 Å². The third-order valence-corrected chi connectivity index (χ3v) is 8.48. The number of rotatable bonds is 9. The van der Waals surface area contributed by atoms with Crippen LogP contribution in [0.3, 0.4) is 0 Å². The van der Waals surface area contributed by atoms with E-state index in [0.29, 0.717) is 37.7 Å². The van der Waals surface area contributed by atoms with E-state index >= 15 is 0 Å². The molecule has 9 heteroatoms. The van der Waals surface area contributed by atoms with E-state index in [-0.39, 0.29) is 18.8 Å². The molecule has 0 amide bonds. The molecule has 0 spiro atoms. The summed E-state index contributed by atoms with van der Waals surface area (Å²) in [6.07, 6.45) is 1.78. The minimum atomic E-state index is -0.740. The van der Waals surface area contributed by atoms with Gasteiger partial charge >= 0.3 is 5.97 Å². The van der Waals surface area contributed by atoms with E-state index in [4.69, 9.17) is 19.2 Å². The molecule has 5 aromatic rings. The molecule has 0 bridgehead atoms. The number of hydrogen-bond donors (Lipinski definition) is 0. The van der Waals surface area contributed by atoms with Crippen molar-refractivity contribution < 1.29 is 19.0 Å². The van der Waals surface area contributed by atoms with Gasteiger partial charge in [0, 0.05) is 11.1 Å². The van der Waals surface area contributed by atoms with E-state index in [1.54, 1.807) is 42.9 Å². The summed E-state index contributed by atoms with van der Waals surface area (Å²) in [5.74, 6) is 0.463. The summed E-state index contributed by atoms with van der Waals surface area (Å²) in [4.78, 5) is 33.1. The van der Waals surface area contributed by atoms with Gasteiger partial charge in [-0.15, -0.1) is 0 Å². The van der Waals surface area contributed by atoms with Gasteiger partial charge in [0.2, 0.25) is 0 Å².